The van der Waals surface area contributed by atoms with E-state index in [9.17, 15) is 9.59 Å². The molecule has 0 aromatic heterocycles. The first kappa shape index (κ1) is 23.6. The van der Waals surface area contributed by atoms with Gasteiger partial charge in [-0.05, 0) is 36.1 Å². The van der Waals surface area contributed by atoms with Gasteiger partial charge in [0.1, 0.15) is 6.04 Å². The number of rotatable bonds is 8. The molecule has 0 saturated heterocycles. The van der Waals surface area contributed by atoms with Crippen LogP contribution in [0.25, 0.3) is 0 Å². The standard InChI is InChI=1S/C25H30Cl2N2O2/c1-2-24(30)29(17-19-13-14-21(26)22(27)15-19)23(16-18-9-5-3-6-10-18)25(31)28-20-11-7-4-8-12-20/h3,5-6,9-10,13-15,20,23H,2,4,7-8,11-12,16-17H2,1H3,(H,28,31). The van der Waals surface area contributed by atoms with Crippen LogP contribution < -0.4 is 5.32 Å². The summed E-state index contributed by atoms with van der Waals surface area (Å²) in [5.74, 6) is -0.150. The monoisotopic (exact) mass is 460 g/mol. The van der Waals surface area contributed by atoms with Crippen LogP contribution >= 0.6 is 23.2 Å². The molecule has 1 N–H and O–H groups in total. The number of halogens is 2. The number of nitrogens with one attached hydrogen (secondary N) is 1. The average molecular weight is 461 g/mol. The van der Waals surface area contributed by atoms with Gasteiger partial charge in [-0.2, -0.15) is 0 Å². The van der Waals surface area contributed by atoms with Gasteiger partial charge in [0.2, 0.25) is 11.8 Å². The Bertz CT molecular complexity index is 882. The highest BCUT2D eigenvalue weighted by Gasteiger charge is 2.31. The van der Waals surface area contributed by atoms with E-state index in [1.54, 1.807) is 17.0 Å². The van der Waals surface area contributed by atoms with Gasteiger partial charge in [-0.1, -0.05) is 85.8 Å². The zero-order valence-electron chi connectivity index (χ0n) is 17.9. The largest absolute Gasteiger partial charge is 0.352 e. The summed E-state index contributed by atoms with van der Waals surface area (Å²) in [5.41, 5.74) is 1.87. The van der Waals surface area contributed by atoms with Crippen LogP contribution in [0.1, 0.15) is 56.6 Å². The van der Waals surface area contributed by atoms with Gasteiger partial charge >= 0.3 is 0 Å². The molecule has 0 heterocycles. The lowest BCUT2D eigenvalue weighted by molar-refractivity contribution is -0.141. The molecule has 1 aliphatic rings. The summed E-state index contributed by atoms with van der Waals surface area (Å²) in [6, 6.07) is 14.8. The van der Waals surface area contributed by atoms with Crippen molar-refractivity contribution >= 4 is 35.0 Å². The number of carbonyl (C=O) groups is 2. The van der Waals surface area contributed by atoms with Crippen LogP contribution in [0.3, 0.4) is 0 Å². The zero-order valence-corrected chi connectivity index (χ0v) is 19.5. The van der Waals surface area contributed by atoms with Crippen molar-refractivity contribution < 1.29 is 9.59 Å². The van der Waals surface area contributed by atoms with Crippen LogP contribution in [0.15, 0.2) is 48.5 Å². The fraction of sp³-hybridized carbons (Fsp3) is 0.440. The van der Waals surface area contributed by atoms with Crippen molar-refractivity contribution in [1.82, 2.24) is 10.2 Å². The number of amides is 2. The zero-order chi connectivity index (χ0) is 22.2. The quantitative estimate of drug-likeness (QED) is 0.541. The lowest BCUT2D eigenvalue weighted by Crippen LogP contribution is -2.52. The normalized spacial score (nSPS) is 15.3. The molecule has 1 aliphatic carbocycles. The van der Waals surface area contributed by atoms with E-state index in [2.05, 4.69) is 5.32 Å². The number of nitrogens with zero attached hydrogens (tertiary/aromatic N) is 1. The molecule has 3 rings (SSSR count). The van der Waals surface area contributed by atoms with Gasteiger partial charge in [-0.25, -0.2) is 0 Å². The number of benzene rings is 2. The number of carbonyl (C=O) groups excluding carboxylic acids is 2. The first-order valence-corrected chi connectivity index (χ1v) is 11.8. The third-order valence-corrected chi connectivity index (χ3v) is 6.60. The Hall–Kier alpha value is -2.04. The van der Waals surface area contributed by atoms with E-state index in [0.717, 1.165) is 36.8 Å². The second-order valence-electron chi connectivity index (χ2n) is 8.17. The van der Waals surface area contributed by atoms with Crippen molar-refractivity contribution in [2.45, 2.75) is 70.5 Å². The maximum atomic E-state index is 13.4. The van der Waals surface area contributed by atoms with Gasteiger partial charge in [0.15, 0.2) is 0 Å². The van der Waals surface area contributed by atoms with Gasteiger partial charge in [-0.3, -0.25) is 9.59 Å². The Labute approximate surface area is 194 Å². The number of hydrogen-bond donors (Lipinski definition) is 1. The van der Waals surface area contributed by atoms with Crippen molar-refractivity contribution in [2.24, 2.45) is 0 Å². The third-order valence-electron chi connectivity index (χ3n) is 5.86. The summed E-state index contributed by atoms with van der Waals surface area (Å²) >= 11 is 12.3. The molecule has 0 radical (unpaired) electrons. The lowest BCUT2D eigenvalue weighted by Gasteiger charge is -2.33. The maximum Gasteiger partial charge on any atom is 0.243 e. The minimum atomic E-state index is -0.591. The fourth-order valence-corrected chi connectivity index (χ4v) is 4.46. The Morgan fingerprint density at radius 2 is 1.71 bits per heavy atom. The predicted octanol–water partition coefficient (Wildman–Crippen LogP) is 5.79. The van der Waals surface area contributed by atoms with Gasteiger partial charge in [0.05, 0.1) is 10.0 Å². The van der Waals surface area contributed by atoms with Crippen LogP contribution in [-0.4, -0.2) is 28.8 Å². The van der Waals surface area contributed by atoms with Crippen LogP contribution in [0.2, 0.25) is 10.0 Å². The smallest absolute Gasteiger partial charge is 0.243 e. The minimum absolute atomic E-state index is 0.0641. The second-order valence-corrected chi connectivity index (χ2v) is 8.99. The first-order valence-electron chi connectivity index (χ1n) is 11.1. The highest BCUT2D eigenvalue weighted by atomic mass is 35.5. The molecule has 0 spiro atoms. The molecule has 1 fully saturated rings. The van der Waals surface area contributed by atoms with E-state index in [0.29, 0.717) is 29.4 Å². The van der Waals surface area contributed by atoms with Crippen LogP contribution in [0.4, 0.5) is 0 Å². The first-order chi connectivity index (χ1) is 15.0. The van der Waals surface area contributed by atoms with E-state index in [1.165, 1.54) is 6.42 Å². The van der Waals surface area contributed by atoms with Gasteiger partial charge in [0, 0.05) is 25.4 Å². The van der Waals surface area contributed by atoms with Crippen molar-refractivity contribution in [3.8, 4) is 0 Å². The Morgan fingerprint density at radius 1 is 1.00 bits per heavy atom. The van der Waals surface area contributed by atoms with E-state index in [-0.39, 0.29) is 17.9 Å². The molecular formula is C25H30Cl2N2O2. The molecule has 1 atom stereocenters. The van der Waals surface area contributed by atoms with Gasteiger partial charge in [-0.15, -0.1) is 0 Å². The molecule has 166 valence electrons. The molecule has 1 saturated carbocycles. The number of hydrogen-bond acceptors (Lipinski definition) is 2. The van der Waals surface area contributed by atoms with Crippen molar-refractivity contribution in [1.29, 1.82) is 0 Å². The molecule has 2 aromatic rings. The van der Waals surface area contributed by atoms with E-state index in [4.69, 9.17) is 23.2 Å². The highest BCUT2D eigenvalue weighted by molar-refractivity contribution is 6.42. The summed E-state index contributed by atoms with van der Waals surface area (Å²) in [4.78, 5) is 28.1. The second kappa shape index (κ2) is 11.5. The average Bonchev–Trinajstić information content (AvgIpc) is 2.79. The van der Waals surface area contributed by atoms with Gasteiger partial charge < -0.3 is 10.2 Å². The molecule has 2 aromatic carbocycles. The summed E-state index contributed by atoms with van der Waals surface area (Å²) in [7, 11) is 0. The Morgan fingerprint density at radius 3 is 2.35 bits per heavy atom. The maximum absolute atomic E-state index is 13.4. The Balaban J connectivity index is 1.88. The van der Waals surface area contributed by atoms with Crippen molar-refractivity contribution in [2.75, 3.05) is 0 Å². The lowest BCUT2D eigenvalue weighted by atomic mass is 9.94. The predicted molar refractivity (Wildman–Crippen MR) is 126 cm³/mol. The molecular weight excluding hydrogens is 431 g/mol. The van der Waals surface area contributed by atoms with E-state index < -0.39 is 6.04 Å². The summed E-state index contributed by atoms with van der Waals surface area (Å²) in [6.45, 7) is 2.13. The molecule has 31 heavy (non-hydrogen) atoms. The molecule has 0 aliphatic heterocycles. The highest BCUT2D eigenvalue weighted by Crippen LogP contribution is 2.25. The van der Waals surface area contributed by atoms with Crippen LogP contribution in [0.5, 0.6) is 0 Å². The van der Waals surface area contributed by atoms with Gasteiger partial charge in [0.25, 0.3) is 0 Å². The van der Waals surface area contributed by atoms with Crippen LogP contribution in [0, 0.1) is 0 Å². The topological polar surface area (TPSA) is 49.4 Å². The Kier molecular flexibility index (Phi) is 8.79. The molecule has 2 amide bonds. The minimum Gasteiger partial charge on any atom is -0.352 e. The van der Waals surface area contributed by atoms with E-state index >= 15 is 0 Å². The van der Waals surface area contributed by atoms with Crippen LogP contribution in [-0.2, 0) is 22.6 Å². The molecule has 1 unspecified atom stereocenters. The van der Waals surface area contributed by atoms with Crippen molar-refractivity contribution in [3.63, 3.8) is 0 Å². The van der Waals surface area contributed by atoms with Crippen molar-refractivity contribution in [3.05, 3.63) is 69.7 Å². The SMILES string of the molecule is CCC(=O)N(Cc1ccc(Cl)c(Cl)c1)C(Cc1ccccc1)C(=O)NC1CCCCC1. The molecule has 0 bridgehead atoms. The fourth-order valence-electron chi connectivity index (χ4n) is 4.14. The molecule has 4 nitrogen and oxygen atoms in total. The molecule has 6 heteroatoms. The van der Waals surface area contributed by atoms with E-state index in [1.807, 2.05) is 43.3 Å². The summed E-state index contributed by atoms with van der Waals surface area (Å²) < 4.78 is 0. The third kappa shape index (κ3) is 6.72. The summed E-state index contributed by atoms with van der Waals surface area (Å²) in [5, 5.41) is 4.13. The summed E-state index contributed by atoms with van der Waals surface area (Å²) in [6.07, 6.45) is 6.27.